The number of urea groups is 1. The lowest BCUT2D eigenvalue weighted by Gasteiger charge is -2.48. The van der Waals surface area contributed by atoms with Gasteiger partial charge in [-0.05, 0) is 91.7 Å². The summed E-state index contributed by atoms with van der Waals surface area (Å²) in [5, 5.41) is 12.7. The van der Waals surface area contributed by atoms with Gasteiger partial charge in [0.1, 0.15) is 5.82 Å². The van der Waals surface area contributed by atoms with Crippen LogP contribution < -0.4 is 5.32 Å². The number of aromatic carboxylic acids is 1. The van der Waals surface area contributed by atoms with E-state index in [1.807, 2.05) is 6.07 Å². The number of benzene rings is 2. The van der Waals surface area contributed by atoms with Crippen molar-refractivity contribution in [2.75, 3.05) is 32.7 Å². The monoisotopic (exact) mass is 437 g/mol. The van der Waals surface area contributed by atoms with Crippen molar-refractivity contribution < 1.29 is 19.1 Å². The number of fused-ring (bicyclic) bond motifs is 4. The molecule has 6 nitrogen and oxygen atoms in total. The molecule has 4 aliphatic heterocycles. The summed E-state index contributed by atoms with van der Waals surface area (Å²) < 4.78 is 13.6. The van der Waals surface area contributed by atoms with Gasteiger partial charge in [-0.15, -0.1) is 0 Å². The Bertz CT molecular complexity index is 1020. The van der Waals surface area contributed by atoms with Gasteiger partial charge in [0, 0.05) is 13.1 Å². The Balaban J connectivity index is 1.43. The van der Waals surface area contributed by atoms with Gasteiger partial charge in [-0.1, -0.05) is 18.2 Å². The highest BCUT2D eigenvalue weighted by Crippen LogP contribution is 2.40. The molecular weight excluding hydrogens is 409 g/mol. The smallest absolute Gasteiger partial charge is 0.335 e. The second-order valence-electron chi connectivity index (χ2n) is 9.37. The van der Waals surface area contributed by atoms with Crippen molar-refractivity contribution in [3.05, 3.63) is 70.5 Å². The normalized spacial score (nSPS) is 26.5. The molecule has 4 aliphatic rings. The maximum absolute atomic E-state index is 13.6. The third-order valence-electron chi connectivity index (χ3n) is 7.56. The molecule has 2 aromatic carbocycles. The number of nitrogens with zero attached hydrogens (tertiary/aromatic N) is 2. The minimum absolute atomic E-state index is 0.145. The Morgan fingerprint density at radius 2 is 1.72 bits per heavy atom. The number of hydrogen-bond donors (Lipinski definition) is 2. The first-order chi connectivity index (χ1) is 15.4. The van der Waals surface area contributed by atoms with E-state index < -0.39 is 12.0 Å². The van der Waals surface area contributed by atoms with Gasteiger partial charge >= 0.3 is 12.0 Å². The molecule has 168 valence electrons. The third kappa shape index (κ3) is 3.86. The van der Waals surface area contributed by atoms with E-state index in [1.54, 1.807) is 29.2 Å². The molecule has 6 rings (SSSR count). The molecule has 0 aliphatic carbocycles. The topological polar surface area (TPSA) is 72.9 Å². The van der Waals surface area contributed by atoms with Crippen molar-refractivity contribution in [1.82, 2.24) is 15.1 Å². The quantitative estimate of drug-likeness (QED) is 0.766. The van der Waals surface area contributed by atoms with E-state index >= 15 is 0 Å². The van der Waals surface area contributed by atoms with Gasteiger partial charge in [0.15, 0.2) is 0 Å². The highest BCUT2D eigenvalue weighted by Gasteiger charge is 2.40. The summed E-state index contributed by atoms with van der Waals surface area (Å²) >= 11 is 0. The Labute approximate surface area is 187 Å². The summed E-state index contributed by atoms with van der Waals surface area (Å²) in [7, 11) is 0. The molecule has 3 fully saturated rings. The number of carboxylic acid groups (broad SMARTS) is 1. The van der Waals surface area contributed by atoms with Crippen LogP contribution >= 0.6 is 0 Å². The van der Waals surface area contributed by atoms with E-state index in [2.05, 4.69) is 10.2 Å². The molecule has 0 radical (unpaired) electrons. The van der Waals surface area contributed by atoms with Gasteiger partial charge in [0.05, 0.1) is 11.6 Å². The van der Waals surface area contributed by atoms with Gasteiger partial charge in [-0.2, -0.15) is 0 Å². The van der Waals surface area contributed by atoms with Crippen LogP contribution in [0.1, 0.15) is 52.4 Å². The molecule has 7 heteroatoms. The van der Waals surface area contributed by atoms with Crippen molar-refractivity contribution in [2.45, 2.75) is 31.7 Å². The van der Waals surface area contributed by atoms with Crippen LogP contribution in [0.5, 0.6) is 0 Å². The first-order valence-corrected chi connectivity index (χ1v) is 11.3. The molecule has 0 aromatic heterocycles. The minimum Gasteiger partial charge on any atom is -0.478 e. The molecule has 32 heavy (non-hydrogen) atoms. The summed E-state index contributed by atoms with van der Waals surface area (Å²) in [5.41, 5.74) is 2.95. The summed E-state index contributed by atoms with van der Waals surface area (Å²) in [5.74, 6) is -1.35. The number of carbonyl (C=O) groups excluding carboxylic acids is 1. The molecule has 0 spiro atoms. The first kappa shape index (κ1) is 20.9. The number of piperidine rings is 3. The number of amides is 2. The van der Waals surface area contributed by atoms with Gasteiger partial charge < -0.3 is 20.2 Å². The molecule has 1 atom stereocenters. The lowest BCUT2D eigenvalue weighted by Crippen LogP contribution is -2.54. The average Bonchev–Trinajstić information content (AvgIpc) is 2.83. The molecule has 2 bridgehead atoms. The largest absolute Gasteiger partial charge is 0.478 e. The van der Waals surface area contributed by atoms with Crippen molar-refractivity contribution in [3.63, 3.8) is 0 Å². The summed E-state index contributed by atoms with van der Waals surface area (Å²) in [6.45, 7) is 4.48. The summed E-state index contributed by atoms with van der Waals surface area (Å²) in [4.78, 5) is 29.3. The van der Waals surface area contributed by atoms with Crippen LogP contribution in [0.2, 0.25) is 0 Å². The Kier molecular flexibility index (Phi) is 5.37. The van der Waals surface area contributed by atoms with E-state index in [0.717, 1.165) is 55.6 Å². The van der Waals surface area contributed by atoms with Gasteiger partial charge in [-0.25, -0.2) is 14.0 Å². The Hall–Kier alpha value is -2.93. The highest BCUT2D eigenvalue weighted by atomic mass is 19.1. The van der Waals surface area contributed by atoms with Crippen molar-refractivity contribution in [2.24, 2.45) is 5.41 Å². The molecule has 2 aromatic rings. The maximum Gasteiger partial charge on any atom is 0.335 e. The van der Waals surface area contributed by atoms with E-state index in [4.69, 9.17) is 0 Å². The molecule has 4 heterocycles. The standard InChI is InChI=1S/C25H28FN3O3/c26-20-5-3-18(4-6-20)22-21-15-19(23(30)31)2-1-17(21)7-11-29(22)24(32)27-16-25-8-12-28(13-9-25)14-10-25/h1-6,15,22H,7-14,16H2,(H,27,32)(H,30,31)/t22-/m0/s1. The molecule has 2 amide bonds. The first-order valence-electron chi connectivity index (χ1n) is 11.3. The average molecular weight is 438 g/mol. The van der Waals surface area contributed by atoms with Crippen LogP contribution in [0, 0.1) is 11.2 Å². The van der Waals surface area contributed by atoms with Crippen LogP contribution in [-0.2, 0) is 6.42 Å². The number of halogens is 1. The van der Waals surface area contributed by atoms with E-state index in [0.29, 0.717) is 19.5 Å². The fourth-order valence-electron chi connectivity index (χ4n) is 5.50. The van der Waals surface area contributed by atoms with Crippen molar-refractivity contribution in [1.29, 1.82) is 0 Å². The number of hydrogen-bond acceptors (Lipinski definition) is 3. The molecular formula is C25H28FN3O3. The fourth-order valence-corrected chi connectivity index (χ4v) is 5.50. The third-order valence-corrected chi connectivity index (χ3v) is 7.56. The number of nitrogens with one attached hydrogen (secondary N) is 1. The second kappa shape index (κ2) is 8.20. The van der Waals surface area contributed by atoms with Crippen LogP contribution in [0.4, 0.5) is 9.18 Å². The molecule has 3 saturated heterocycles. The van der Waals surface area contributed by atoms with E-state index in [1.165, 1.54) is 12.1 Å². The molecule has 0 saturated carbocycles. The van der Waals surface area contributed by atoms with Gasteiger partial charge in [0.25, 0.3) is 0 Å². The van der Waals surface area contributed by atoms with Gasteiger partial charge in [0.2, 0.25) is 0 Å². The van der Waals surface area contributed by atoms with Crippen molar-refractivity contribution in [3.8, 4) is 0 Å². The molecule has 0 unspecified atom stereocenters. The second-order valence-corrected chi connectivity index (χ2v) is 9.37. The molecule has 2 N–H and O–H groups in total. The van der Waals surface area contributed by atoms with Crippen LogP contribution in [0.25, 0.3) is 0 Å². The zero-order chi connectivity index (χ0) is 22.3. The predicted octanol–water partition coefficient (Wildman–Crippen LogP) is 3.67. The van der Waals surface area contributed by atoms with Crippen LogP contribution in [0.15, 0.2) is 42.5 Å². The predicted molar refractivity (Wildman–Crippen MR) is 118 cm³/mol. The minimum atomic E-state index is -1.00. The zero-order valence-electron chi connectivity index (χ0n) is 18.0. The van der Waals surface area contributed by atoms with Crippen molar-refractivity contribution >= 4 is 12.0 Å². The summed E-state index contributed by atoms with van der Waals surface area (Å²) in [6, 6.07) is 10.6. The van der Waals surface area contributed by atoms with E-state index in [-0.39, 0.29) is 22.8 Å². The number of carboxylic acids is 1. The number of carbonyl (C=O) groups is 2. The number of rotatable bonds is 4. The SMILES string of the molecule is O=C(O)c1ccc2c(c1)[C@H](c1ccc(F)cc1)N(C(=O)NCC13CCN(CC1)CC3)CC2. The lowest BCUT2D eigenvalue weighted by molar-refractivity contribution is 0.0272. The lowest BCUT2D eigenvalue weighted by atomic mass is 9.72. The van der Waals surface area contributed by atoms with Gasteiger partial charge in [-0.3, -0.25) is 0 Å². The fraction of sp³-hybridized carbons (Fsp3) is 0.440. The summed E-state index contributed by atoms with van der Waals surface area (Å²) in [6.07, 6.45) is 3.98. The van der Waals surface area contributed by atoms with E-state index in [9.17, 15) is 19.1 Å². The Morgan fingerprint density at radius 1 is 1.03 bits per heavy atom. The highest BCUT2D eigenvalue weighted by molar-refractivity contribution is 5.88. The zero-order valence-corrected chi connectivity index (χ0v) is 18.0. The Morgan fingerprint density at radius 3 is 2.38 bits per heavy atom. The van der Waals surface area contributed by atoms with Crippen LogP contribution in [-0.4, -0.2) is 59.6 Å². The maximum atomic E-state index is 13.6. The van der Waals surface area contributed by atoms with Crippen LogP contribution in [0.3, 0.4) is 0 Å².